The monoisotopic (exact) mass is 406 g/mol. The molecule has 2 rings (SSSR count). The Labute approximate surface area is 173 Å². The summed E-state index contributed by atoms with van der Waals surface area (Å²) in [5.41, 5.74) is 6.09. The molecule has 1 aromatic rings. The minimum absolute atomic E-state index is 0.0868. The van der Waals surface area contributed by atoms with E-state index in [1.807, 2.05) is 34.6 Å². The summed E-state index contributed by atoms with van der Waals surface area (Å²) < 4.78 is 31.6. The van der Waals surface area contributed by atoms with Crippen LogP contribution in [0.4, 0.5) is 14.9 Å². The predicted molar refractivity (Wildman–Crippen MR) is 114 cm³/mol. The van der Waals surface area contributed by atoms with Crippen LogP contribution in [0.15, 0.2) is 17.6 Å². The number of rotatable bonds is 4. The van der Waals surface area contributed by atoms with Gasteiger partial charge in [-0.3, -0.25) is 0 Å². The Balaban J connectivity index is 2.34. The van der Waals surface area contributed by atoms with Gasteiger partial charge in [0, 0.05) is 6.54 Å². The second-order valence-electron chi connectivity index (χ2n) is 9.39. The topological polar surface area (TPSA) is 82.8 Å². The van der Waals surface area contributed by atoms with Gasteiger partial charge in [-0.15, -0.1) is 0 Å². The molecule has 29 heavy (non-hydrogen) atoms. The summed E-state index contributed by atoms with van der Waals surface area (Å²) >= 11 is 0. The van der Waals surface area contributed by atoms with Crippen molar-refractivity contribution in [3.8, 4) is 0 Å². The number of carbonyl (C=O) groups excluding carboxylic acids is 1. The van der Waals surface area contributed by atoms with E-state index >= 15 is 0 Å². The van der Waals surface area contributed by atoms with E-state index in [9.17, 15) is 9.18 Å². The fraction of sp³-hybridized carbons (Fsp3) is 0.571. The first-order chi connectivity index (χ1) is 13.1. The van der Waals surface area contributed by atoms with Crippen LogP contribution in [0.3, 0.4) is 0 Å². The van der Waals surface area contributed by atoms with E-state index in [1.54, 1.807) is 32.9 Å². The van der Waals surface area contributed by atoms with Crippen molar-refractivity contribution in [2.45, 2.75) is 72.2 Å². The number of amides is 1. The van der Waals surface area contributed by atoms with Crippen molar-refractivity contribution < 1.29 is 23.2 Å². The van der Waals surface area contributed by atoms with E-state index in [2.05, 4.69) is 5.32 Å². The maximum absolute atomic E-state index is 14.0. The average Bonchev–Trinajstić information content (AvgIpc) is 2.74. The number of nitrogen functional groups attached to an aromatic ring is 1. The predicted octanol–water partition coefficient (Wildman–Crippen LogP) is 4.26. The highest BCUT2D eigenvalue weighted by Crippen LogP contribution is 2.39. The Bertz CT molecular complexity index is 800. The molecule has 160 valence electrons. The average molecular weight is 406 g/mol. The van der Waals surface area contributed by atoms with E-state index in [0.29, 0.717) is 11.0 Å². The summed E-state index contributed by atoms with van der Waals surface area (Å²) in [4.78, 5) is 12.1. The molecule has 6 nitrogen and oxygen atoms in total. The van der Waals surface area contributed by atoms with Gasteiger partial charge in [0.1, 0.15) is 11.4 Å². The number of benzene rings is 1. The van der Waals surface area contributed by atoms with Crippen LogP contribution in [0.2, 0.25) is 0 Å². The minimum Gasteiger partial charge on any atom is -0.444 e. The number of carbonyl (C=O) groups is 1. The lowest BCUT2D eigenvalue weighted by atomic mass is 9.76. The first kappa shape index (κ1) is 23.2. The second-order valence-corrected chi connectivity index (χ2v) is 9.39. The lowest BCUT2D eigenvalue weighted by Gasteiger charge is -2.32. The van der Waals surface area contributed by atoms with Gasteiger partial charge in [0.2, 0.25) is 0 Å². The van der Waals surface area contributed by atoms with Gasteiger partial charge in [-0.1, -0.05) is 6.08 Å². The molecule has 0 aromatic heterocycles. The summed E-state index contributed by atoms with van der Waals surface area (Å²) in [6.07, 6.45) is 1.21. The zero-order valence-electron chi connectivity index (χ0n) is 18.6. The highest BCUT2D eigenvalue weighted by atomic mass is 19.1. The van der Waals surface area contributed by atoms with Crippen molar-refractivity contribution in [3.63, 3.8) is 0 Å². The molecule has 0 unspecified atom stereocenters. The van der Waals surface area contributed by atoms with Gasteiger partial charge < -0.3 is 25.1 Å². The zero-order chi connectivity index (χ0) is 22.2. The molecular weight excluding hydrogens is 374 g/mol. The van der Waals surface area contributed by atoms with Crippen LogP contribution in [0, 0.1) is 12.7 Å². The molecule has 1 amide bonds. The third-order valence-electron chi connectivity index (χ3n) is 5.12. The van der Waals surface area contributed by atoms with Gasteiger partial charge in [-0.2, -0.15) is 0 Å². The Hall–Kier alpha value is -2.06. The molecule has 1 aliphatic rings. The van der Waals surface area contributed by atoms with Crippen LogP contribution in [0.25, 0.3) is 6.08 Å². The SMILES string of the molecule is Cc1cc(N)c(F)cc1C=C(CNC(=O)OC(C)(C)C)B1OC(C)(C)C(C)(C)O1. The Morgan fingerprint density at radius 3 is 2.31 bits per heavy atom. The lowest BCUT2D eigenvalue weighted by molar-refractivity contribution is 0.00578. The zero-order valence-corrected chi connectivity index (χ0v) is 18.6. The Morgan fingerprint density at radius 2 is 1.79 bits per heavy atom. The number of hydrogen-bond acceptors (Lipinski definition) is 5. The third kappa shape index (κ3) is 5.73. The van der Waals surface area contributed by atoms with Crippen molar-refractivity contribution in [3.05, 3.63) is 34.5 Å². The maximum Gasteiger partial charge on any atom is 0.492 e. The minimum atomic E-state index is -0.699. The highest BCUT2D eigenvalue weighted by molar-refractivity contribution is 6.56. The first-order valence-corrected chi connectivity index (χ1v) is 9.70. The number of halogens is 1. The normalized spacial score (nSPS) is 18.7. The summed E-state index contributed by atoms with van der Waals surface area (Å²) in [7, 11) is -0.699. The van der Waals surface area contributed by atoms with Gasteiger partial charge >= 0.3 is 13.2 Å². The standard InChI is InChI=1S/C21H32BFN2O4/c1-13-9-17(24)16(23)11-14(13)10-15(12-25-18(26)27-19(2,3)4)22-28-20(5,6)21(7,8)29-22/h9-11H,12,24H2,1-8H3,(H,25,26). The molecule has 0 atom stereocenters. The van der Waals surface area contributed by atoms with Crippen LogP contribution in [-0.4, -0.2) is 36.6 Å². The summed E-state index contributed by atoms with van der Waals surface area (Å²) in [5.74, 6) is -0.504. The van der Waals surface area contributed by atoms with E-state index in [4.69, 9.17) is 19.8 Å². The van der Waals surface area contributed by atoms with E-state index < -0.39 is 35.8 Å². The van der Waals surface area contributed by atoms with Crippen molar-refractivity contribution >= 4 is 25.0 Å². The molecule has 1 fully saturated rings. The number of nitrogens with two attached hydrogens (primary N) is 1. The molecular formula is C21H32BFN2O4. The van der Waals surface area contributed by atoms with Crippen LogP contribution >= 0.6 is 0 Å². The smallest absolute Gasteiger partial charge is 0.444 e. The van der Waals surface area contributed by atoms with E-state index in [-0.39, 0.29) is 12.2 Å². The quantitative estimate of drug-likeness (QED) is 0.577. The number of hydrogen-bond donors (Lipinski definition) is 2. The van der Waals surface area contributed by atoms with Crippen LogP contribution < -0.4 is 11.1 Å². The fourth-order valence-electron chi connectivity index (χ4n) is 2.76. The van der Waals surface area contributed by atoms with Gasteiger partial charge in [-0.25, -0.2) is 9.18 Å². The van der Waals surface area contributed by atoms with E-state index in [1.165, 1.54) is 6.07 Å². The van der Waals surface area contributed by atoms with Gasteiger partial charge in [0.25, 0.3) is 0 Å². The van der Waals surface area contributed by atoms with Gasteiger partial charge in [-0.05, 0) is 84.1 Å². The van der Waals surface area contributed by atoms with Crippen molar-refractivity contribution in [1.29, 1.82) is 0 Å². The Morgan fingerprint density at radius 1 is 1.24 bits per heavy atom. The fourth-order valence-corrected chi connectivity index (χ4v) is 2.76. The molecule has 3 N–H and O–H groups in total. The summed E-state index contributed by atoms with van der Waals surface area (Å²) in [5, 5.41) is 2.73. The number of alkyl carbamates (subject to hydrolysis) is 1. The molecule has 0 saturated carbocycles. The largest absolute Gasteiger partial charge is 0.492 e. The molecule has 1 aliphatic heterocycles. The highest BCUT2D eigenvalue weighted by Gasteiger charge is 2.52. The number of nitrogens with one attached hydrogen (secondary N) is 1. The second kappa shape index (κ2) is 7.99. The summed E-state index contributed by atoms with van der Waals surface area (Å²) in [6, 6.07) is 2.94. The van der Waals surface area contributed by atoms with Gasteiger partial charge in [0.05, 0.1) is 16.9 Å². The first-order valence-electron chi connectivity index (χ1n) is 9.70. The van der Waals surface area contributed by atoms with Crippen LogP contribution in [-0.2, 0) is 14.0 Å². The molecule has 0 bridgehead atoms. The van der Waals surface area contributed by atoms with Gasteiger partial charge in [0.15, 0.2) is 0 Å². The molecule has 1 aromatic carbocycles. The number of ether oxygens (including phenoxy) is 1. The van der Waals surface area contributed by atoms with Crippen LogP contribution in [0.5, 0.6) is 0 Å². The van der Waals surface area contributed by atoms with Crippen molar-refractivity contribution in [2.75, 3.05) is 12.3 Å². The molecule has 0 spiro atoms. The molecule has 0 aliphatic carbocycles. The molecule has 1 saturated heterocycles. The lowest BCUT2D eigenvalue weighted by Crippen LogP contribution is -2.41. The number of aryl methyl sites for hydroxylation is 1. The molecule has 0 radical (unpaired) electrons. The molecule has 8 heteroatoms. The van der Waals surface area contributed by atoms with Crippen molar-refractivity contribution in [2.24, 2.45) is 0 Å². The third-order valence-corrected chi connectivity index (χ3v) is 5.12. The van der Waals surface area contributed by atoms with Crippen LogP contribution in [0.1, 0.15) is 59.6 Å². The maximum atomic E-state index is 14.0. The van der Waals surface area contributed by atoms with Crippen molar-refractivity contribution in [1.82, 2.24) is 5.32 Å². The molecule has 1 heterocycles. The van der Waals surface area contributed by atoms with E-state index in [0.717, 1.165) is 5.56 Å². The Kier molecular flexibility index (Phi) is 6.40. The summed E-state index contributed by atoms with van der Waals surface area (Å²) in [6.45, 7) is 15.1. The number of anilines is 1.